The van der Waals surface area contributed by atoms with Gasteiger partial charge in [-0.2, -0.15) is 0 Å². The number of ketones is 7. The fourth-order valence-electron chi connectivity index (χ4n) is 3.55. The zero-order chi connectivity index (χ0) is 95.5. The Morgan fingerprint density at radius 1 is 0.200 bits per heavy atom. The molecule has 0 saturated heterocycles. The minimum absolute atomic E-state index is 0. The second-order valence-corrected chi connectivity index (χ2v) is 39.3. The summed E-state index contributed by atoms with van der Waals surface area (Å²) in [6.45, 7) is 91.5. The Morgan fingerprint density at radius 3 is 0.333 bits per heavy atom. The Morgan fingerprint density at radius 2 is 0.283 bits per heavy atom. The predicted molar refractivity (Wildman–Crippen MR) is 490 cm³/mol. The Kier molecular flexibility index (Phi) is 130. The van der Waals surface area contributed by atoms with Crippen LogP contribution in [0.1, 0.15) is 346 Å². The first-order valence-electron chi connectivity index (χ1n) is 39.7. The normalized spacial score (nSPS) is 11.9. The van der Waals surface area contributed by atoms with Crippen molar-refractivity contribution in [3.63, 3.8) is 0 Å². The van der Waals surface area contributed by atoms with Gasteiger partial charge in [-0.3, -0.25) is 33.6 Å². The standard InChI is InChI=1S/2C11H20O2.5C9H16O2.4C4H10O.3C3H8O.3Hf.4Zr/c2*1-10(2,3)8(12)7-9(13)11(4,5)6;5*1-6(2)8(10)5-9(11)7(3)4;4*1-4(2,3)5;3*1-3(2)4;;;;;;;/h2*7,12H,1-6H3;5*5-7,10H,1-4H3;4*5H,1-3H3;3*3-4H,1-2H3;;;;;;;/p+7. The third-order valence-corrected chi connectivity index (χ3v) is 11.0. The van der Waals surface area contributed by atoms with Crippen LogP contribution in [0.15, 0.2) is 82.8 Å². The monoisotopic (exact) mass is 2530 g/mol. The van der Waals surface area contributed by atoms with E-state index in [1.807, 2.05) is 222 Å². The molecule has 0 heterocycles. The summed E-state index contributed by atoms with van der Waals surface area (Å²) in [7, 11) is 0. The van der Waals surface area contributed by atoms with E-state index in [9.17, 15) is 69.3 Å². The molecule has 0 aliphatic heterocycles. The SMILES string of the molecule is CC(C)(C)C(=[OH+])C=C(O)C(C)(C)C.CC(C)(C)C(=[OH+])C=C(O)C(C)(C)C.CC(C)(C)O.CC(C)(C)O.CC(C)(C)O.CC(C)(C)O.CC(C)C(=[OH+])C=C(O)C(C)C.CC(C)C(=[OH+])C=C(O)C(C)C.CC(C)C(=[OH+])C=C(O)C(C)C.CC(C)C(=[OH+])C=C(O)C(C)C.CC(C)C(=[OH+])C=C(O)C(C)C.CC(C)O.CC(C)O.CC(C)O.[Hf].[Hf].[Hf].[Zr].[Zr].[Zr].[Zr]. The van der Waals surface area contributed by atoms with Crippen LogP contribution in [0.3, 0.4) is 0 Å². The minimum Gasteiger partial charge on any atom is -0.512 e. The van der Waals surface area contributed by atoms with Crippen molar-refractivity contribution in [1.29, 1.82) is 0 Å². The van der Waals surface area contributed by atoms with Gasteiger partial charge in [-0.15, -0.1) is 0 Å². The molecule has 0 radical (unpaired) electrons. The summed E-state index contributed by atoms with van der Waals surface area (Å²) in [5.41, 5.74) is -3.23. The van der Waals surface area contributed by atoms with Gasteiger partial charge in [0.25, 0.3) is 0 Å². The molecule has 28 heteroatoms. The van der Waals surface area contributed by atoms with Gasteiger partial charge in [0, 0.05) is 241 Å². The maximum atomic E-state index is 9.60. The first-order valence-corrected chi connectivity index (χ1v) is 39.7. The largest absolute Gasteiger partial charge is 0.512 e. The van der Waals surface area contributed by atoms with Crippen LogP contribution < -0.4 is 0 Å². The topological polar surface area (TPSA) is 433 Å². The molecule has 0 unspecified atom stereocenters. The third-order valence-electron chi connectivity index (χ3n) is 11.0. The molecule has 0 saturated carbocycles. The molecule has 0 aliphatic carbocycles. The summed E-state index contributed by atoms with van der Waals surface area (Å²) in [4.78, 5) is 65.3. The summed E-state index contributed by atoms with van der Waals surface area (Å²) in [5.74, 6) is 3.95. The summed E-state index contributed by atoms with van der Waals surface area (Å²) >= 11 is 0. The van der Waals surface area contributed by atoms with Crippen LogP contribution >= 0.6 is 0 Å². The summed E-state index contributed by atoms with van der Waals surface area (Å²) in [6, 6.07) is 0. The summed E-state index contributed by atoms with van der Waals surface area (Å²) in [5, 5.41) is 124. The van der Waals surface area contributed by atoms with Crippen LogP contribution in [-0.4, -0.2) is 186 Å². The van der Waals surface area contributed by atoms with Crippen LogP contribution in [0.25, 0.3) is 0 Å². The number of aliphatic hydroxyl groups is 14. The van der Waals surface area contributed by atoms with E-state index in [4.69, 9.17) is 35.7 Å². The Hall–Kier alpha value is 0.333. The van der Waals surface area contributed by atoms with Crippen molar-refractivity contribution in [2.45, 2.75) is 387 Å². The quantitative estimate of drug-likeness (QED) is 0.0279. The van der Waals surface area contributed by atoms with Gasteiger partial charge in [0.2, 0.25) is 0 Å². The van der Waals surface area contributed by atoms with Gasteiger partial charge in [0.15, 0.2) is 0 Å². The fourth-order valence-corrected chi connectivity index (χ4v) is 3.55. The number of carbonyl (C=O) groups excluding carboxylic acids is 7. The van der Waals surface area contributed by atoms with Gasteiger partial charge < -0.3 is 71.5 Å². The number of hydrogen-bond acceptors (Lipinski definition) is 14. The molecule has 0 rings (SSSR count). The molecule has 0 fully saturated rings. The van der Waals surface area contributed by atoms with Gasteiger partial charge in [0.05, 0.1) is 105 Å². The molecule has 0 aliphatic rings. The van der Waals surface area contributed by atoms with Crippen molar-refractivity contribution < 1.29 is 287 Å². The summed E-state index contributed by atoms with van der Waals surface area (Å²) < 4.78 is 0. The van der Waals surface area contributed by atoms with Gasteiger partial charge in [-0.25, -0.2) is 0 Å². The third kappa shape index (κ3) is 191. The predicted octanol–water partition coefficient (Wildman–Crippen LogP) is 21.8. The van der Waals surface area contributed by atoms with Crippen molar-refractivity contribution in [2.75, 3.05) is 0 Å². The summed E-state index contributed by atoms with van der Waals surface area (Å²) in [6.07, 6.45) is 9.52. The Balaban J connectivity index is -0.0000000469. The molecule has 0 atom stereocenters. The van der Waals surface area contributed by atoms with Crippen LogP contribution in [0, 0.1) is 80.8 Å². The van der Waals surface area contributed by atoms with Crippen LogP contribution in [0.4, 0.5) is 0 Å². The molecule has 120 heavy (non-hydrogen) atoms. The Labute approximate surface area is 868 Å². The zero-order valence-electron chi connectivity index (χ0n) is 85.4. The smallest absolute Gasteiger partial charge is 0.325 e. The minimum atomic E-state index is -0.500. The van der Waals surface area contributed by atoms with Gasteiger partial charge >= 0.3 is 40.5 Å². The van der Waals surface area contributed by atoms with Gasteiger partial charge in [-0.1, -0.05) is 180 Å². The van der Waals surface area contributed by atoms with E-state index < -0.39 is 22.4 Å². The van der Waals surface area contributed by atoms with Crippen molar-refractivity contribution in [1.82, 2.24) is 0 Å². The molecule has 21 nitrogen and oxygen atoms in total. The maximum Gasteiger partial charge on any atom is 0.325 e. The van der Waals surface area contributed by atoms with Crippen LogP contribution in [-0.2, 0) is 182 Å². The Bertz CT molecular complexity index is 2360. The molecule has 0 aromatic carbocycles. The van der Waals surface area contributed by atoms with Crippen molar-refractivity contribution in [2.24, 2.45) is 80.8 Å². The number of aliphatic hydroxyl groups excluding tert-OH is 10. The average Bonchev–Trinajstić information content (AvgIpc) is 0.875. The first-order chi connectivity index (χ1) is 49.0. The second kappa shape index (κ2) is 89.9. The second-order valence-electron chi connectivity index (χ2n) is 39.3. The number of hydrogen-bond donors (Lipinski definition) is 14. The van der Waals surface area contributed by atoms with E-state index in [-0.39, 0.29) is 362 Å². The molecule has 0 spiro atoms. The molecule has 21 N–H and O–H groups in total. The first kappa shape index (κ1) is 174. The van der Waals surface area contributed by atoms with Gasteiger partial charge in [-0.05, 0) is 166 Å². The van der Waals surface area contributed by atoms with Crippen molar-refractivity contribution in [3.05, 3.63) is 82.8 Å². The molecule has 0 amide bonds. The molecule has 0 aromatic heterocycles. The van der Waals surface area contributed by atoms with Crippen LogP contribution in [0.5, 0.6) is 0 Å². The van der Waals surface area contributed by atoms with E-state index in [0.29, 0.717) is 0 Å². The molecule has 706 valence electrons. The fraction of sp³-hybridized carbons (Fsp3) is 0.772. The van der Waals surface area contributed by atoms with E-state index in [0.717, 1.165) is 0 Å². The van der Waals surface area contributed by atoms with Crippen LogP contribution in [0.2, 0.25) is 0 Å². The average molecular weight is 2530 g/mol. The van der Waals surface area contributed by atoms with Crippen molar-refractivity contribution in [3.8, 4) is 0 Å². The van der Waals surface area contributed by atoms with Gasteiger partial charge in [0.1, 0.15) is 40.3 Å². The maximum absolute atomic E-state index is 9.60. The van der Waals surface area contributed by atoms with Crippen molar-refractivity contribution >= 4 is 40.5 Å². The van der Waals surface area contributed by atoms with E-state index >= 15 is 0 Å². The zero-order valence-corrected chi connectivity index (χ0v) is 106. The molecular formula is C92H191Hf3O21Zr4+7. The van der Waals surface area contributed by atoms with E-state index in [1.165, 1.54) is 42.5 Å². The molecule has 0 bridgehead atoms. The number of rotatable bonds is 17. The van der Waals surface area contributed by atoms with E-state index in [1.54, 1.807) is 125 Å². The molecule has 0 aromatic rings. The molecular weight excluding hydrogens is 2340 g/mol. The van der Waals surface area contributed by atoms with E-state index in [2.05, 4.69) is 0 Å². The number of allylic oxidation sites excluding steroid dienone is 14.